The second-order valence-electron chi connectivity index (χ2n) is 3.71. The maximum absolute atomic E-state index is 12.9. The Hall–Kier alpha value is -1.47. The summed E-state index contributed by atoms with van der Waals surface area (Å²) in [7, 11) is -3.77. The Balaban J connectivity index is 2.86. The van der Waals surface area contributed by atoms with Gasteiger partial charge >= 0.3 is 0 Å². The molecule has 0 saturated carbocycles. The summed E-state index contributed by atoms with van der Waals surface area (Å²) in [6.45, 7) is 1.58. The minimum Gasteiger partial charge on any atom is -0.388 e. The minimum absolute atomic E-state index is 0.106. The molecule has 1 aromatic carbocycles. The molecule has 0 saturated heterocycles. The van der Waals surface area contributed by atoms with E-state index in [2.05, 4.69) is 4.72 Å². The summed E-state index contributed by atoms with van der Waals surface area (Å²) in [6.07, 6.45) is 0.106. The van der Waals surface area contributed by atoms with Crippen LogP contribution in [0, 0.1) is 11.2 Å². The molecule has 0 spiro atoms. The van der Waals surface area contributed by atoms with Crippen molar-refractivity contribution < 1.29 is 12.8 Å². The molecule has 1 atom stereocenters. The van der Waals surface area contributed by atoms with E-state index in [0.29, 0.717) is 0 Å². The molecule has 1 unspecified atom stereocenters. The van der Waals surface area contributed by atoms with Gasteiger partial charge in [0.25, 0.3) is 0 Å². The van der Waals surface area contributed by atoms with Gasteiger partial charge in [0.15, 0.2) is 0 Å². The molecule has 1 rings (SSSR count). The topological polar surface area (TPSA) is 96.0 Å². The van der Waals surface area contributed by atoms with Crippen LogP contribution in [-0.2, 0) is 10.0 Å². The summed E-state index contributed by atoms with van der Waals surface area (Å²) in [4.78, 5) is -0.145. The lowest BCUT2D eigenvalue weighted by Crippen LogP contribution is -2.35. The van der Waals surface area contributed by atoms with Crippen LogP contribution in [0.2, 0.25) is 0 Å². The molecule has 94 valence electrons. The van der Waals surface area contributed by atoms with Crippen LogP contribution >= 0.6 is 0 Å². The Labute approximate surface area is 99.4 Å². The van der Waals surface area contributed by atoms with Gasteiger partial charge in [-0.15, -0.1) is 0 Å². The maximum Gasteiger partial charge on any atom is 0.240 e. The van der Waals surface area contributed by atoms with Crippen LogP contribution in [-0.4, -0.2) is 20.3 Å². The normalized spacial score (nSPS) is 13.3. The Morgan fingerprint density at radius 2 is 2.24 bits per heavy atom. The fourth-order valence-corrected chi connectivity index (χ4v) is 2.61. The Morgan fingerprint density at radius 3 is 2.76 bits per heavy atom. The van der Waals surface area contributed by atoms with Crippen LogP contribution in [0.5, 0.6) is 0 Å². The molecule has 0 amide bonds. The zero-order chi connectivity index (χ0) is 13.1. The van der Waals surface area contributed by atoms with Gasteiger partial charge in [0.05, 0.1) is 10.7 Å². The molecule has 0 fully saturated rings. The van der Waals surface area contributed by atoms with Crippen molar-refractivity contribution in [1.29, 1.82) is 5.41 Å². The third-order valence-electron chi connectivity index (χ3n) is 1.99. The average Bonchev–Trinajstić information content (AvgIpc) is 2.15. The summed E-state index contributed by atoms with van der Waals surface area (Å²) in [5.41, 5.74) is 5.16. The number of rotatable bonds is 5. The monoisotopic (exact) mass is 259 g/mol. The van der Waals surface area contributed by atoms with E-state index in [1.54, 1.807) is 6.92 Å². The van der Waals surface area contributed by atoms with Gasteiger partial charge in [-0.1, -0.05) is 6.07 Å². The van der Waals surface area contributed by atoms with Crippen LogP contribution in [0.1, 0.15) is 13.3 Å². The van der Waals surface area contributed by atoms with E-state index in [1.165, 1.54) is 12.1 Å². The van der Waals surface area contributed by atoms with Crippen molar-refractivity contribution in [1.82, 2.24) is 4.72 Å². The fourth-order valence-electron chi connectivity index (χ4n) is 1.34. The summed E-state index contributed by atoms with van der Waals surface area (Å²) in [5, 5.41) is 7.05. The Morgan fingerprint density at radius 1 is 1.59 bits per heavy atom. The molecule has 0 aliphatic rings. The second kappa shape index (κ2) is 5.24. The van der Waals surface area contributed by atoms with Gasteiger partial charge in [-0.3, -0.25) is 5.41 Å². The van der Waals surface area contributed by atoms with Gasteiger partial charge in [0.1, 0.15) is 5.82 Å². The largest absolute Gasteiger partial charge is 0.388 e. The summed E-state index contributed by atoms with van der Waals surface area (Å²) in [5.74, 6) is -0.730. The van der Waals surface area contributed by atoms with E-state index in [1.807, 2.05) is 0 Å². The summed E-state index contributed by atoms with van der Waals surface area (Å²) < 4.78 is 38.8. The van der Waals surface area contributed by atoms with E-state index in [0.717, 1.165) is 12.1 Å². The molecule has 0 radical (unpaired) electrons. The summed E-state index contributed by atoms with van der Waals surface area (Å²) in [6, 6.07) is 4.20. The number of halogens is 1. The molecule has 0 bridgehead atoms. The number of hydrogen-bond acceptors (Lipinski definition) is 3. The van der Waals surface area contributed by atoms with Crippen LogP contribution < -0.4 is 10.5 Å². The lowest BCUT2D eigenvalue weighted by Gasteiger charge is -2.13. The highest BCUT2D eigenvalue weighted by molar-refractivity contribution is 7.89. The van der Waals surface area contributed by atoms with E-state index in [4.69, 9.17) is 11.1 Å². The van der Waals surface area contributed by atoms with Crippen molar-refractivity contribution in [3.63, 3.8) is 0 Å². The van der Waals surface area contributed by atoms with Crippen molar-refractivity contribution in [3.8, 4) is 0 Å². The van der Waals surface area contributed by atoms with Gasteiger partial charge in [0, 0.05) is 12.5 Å². The van der Waals surface area contributed by atoms with Gasteiger partial charge in [0.2, 0.25) is 10.0 Å². The first-order valence-electron chi connectivity index (χ1n) is 4.92. The highest BCUT2D eigenvalue weighted by Crippen LogP contribution is 2.11. The molecule has 0 aliphatic carbocycles. The molecule has 5 nitrogen and oxygen atoms in total. The third kappa shape index (κ3) is 4.12. The van der Waals surface area contributed by atoms with Gasteiger partial charge in [-0.2, -0.15) is 0 Å². The highest BCUT2D eigenvalue weighted by Gasteiger charge is 2.18. The first-order chi connectivity index (χ1) is 7.81. The number of nitrogens with one attached hydrogen (secondary N) is 2. The lowest BCUT2D eigenvalue weighted by molar-refractivity contribution is 0.561. The Bertz CT molecular complexity index is 516. The SMILES string of the molecule is CC(CC(=N)N)NS(=O)(=O)c1cccc(F)c1. The number of amidine groups is 1. The number of hydrogen-bond donors (Lipinski definition) is 3. The van der Waals surface area contributed by atoms with Gasteiger partial charge in [-0.05, 0) is 25.1 Å². The minimum atomic E-state index is -3.77. The standard InChI is InChI=1S/C10H14FN3O2S/c1-7(5-10(12)13)14-17(15,16)9-4-2-3-8(11)6-9/h2-4,6-7,14H,5H2,1H3,(H3,12,13). The second-order valence-corrected chi connectivity index (χ2v) is 5.42. The van der Waals surface area contributed by atoms with Crippen molar-refractivity contribution in [2.75, 3.05) is 0 Å². The van der Waals surface area contributed by atoms with Crippen molar-refractivity contribution in [3.05, 3.63) is 30.1 Å². The summed E-state index contributed by atoms with van der Waals surface area (Å²) >= 11 is 0. The molecule has 1 aromatic rings. The van der Waals surface area contributed by atoms with E-state index >= 15 is 0 Å². The van der Waals surface area contributed by atoms with Gasteiger partial charge in [-0.25, -0.2) is 17.5 Å². The third-order valence-corrected chi connectivity index (χ3v) is 3.58. The molecular formula is C10H14FN3O2S. The molecule has 7 heteroatoms. The highest BCUT2D eigenvalue weighted by atomic mass is 32.2. The zero-order valence-corrected chi connectivity index (χ0v) is 10.1. The molecular weight excluding hydrogens is 245 g/mol. The van der Waals surface area contributed by atoms with Crippen molar-refractivity contribution in [2.24, 2.45) is 5.73 Å². The smallest absolute Gasteiger partial charge is 0.240 e. The number of sulfonamides is 1. The molecule has 0 aliphatic heterocycles. The van der Waals surface area contributed by atoms with E-state index < -0.39 is 21.9 Å². The first kappa shape index (κ1) is 13.6. The van der Waals surface area contributed by atoms with Crippen molar-refractivity contribution >= 4 is 15.9 Å². The van der Waals surface area contributed by atoms with Crippen LogP contribution in [0.15, 0.2) is 29.2 Å². The average molecular weight is 259 g/mol. The molecule has 4 N–H and O–H groups in total. The van der Waals surface area contributed by atoms with E-state index in [9.17, 15) is 12.8 Å². The molecule has 17 heavy (non-hydrogen) atoms. The lowest BCUT2D eigenvalue weighted by atomic mass is 10.2. The zero-order valence-electron chi connectivity index (χ0n) is 9.27. The van der Waals surface area contributed by atoms with E-state index in [-0.39, 0.29) is 17.2 Å². The predicted octanol–water partition coefficient (Wildman–Crippen LogP) is 0.819. The molecule has 0 heterocycles. The number of nitrogens with two attached hydrogens (primary N) is 1. The van der Waals surface area contributed by atoms with Crippen molar-refractivity contribution in [2.45, 2.75) is 24.3 Å². The first-order valence-corrected chi connectivity index (χ1v) is 6.40. The van der Waals surface area contributed by atoms with Crippen LogP contribution in [0.4, 0.5) is 4.39 Å². The Kier molecular flexibility index (Phi) is 4.19. The van der Waals surface area contributed by atoms with Gasteiger partial charge < -0.3 is 5.73 Å². The number of benzene rings is 1. The predicted molar refractivity (Wildman–Crippen MR) is 62.7 cm³/mol. The van der Waals surface area contributed by atoms with Crippen LogP contribution in [0.25, 0.3) is 0 Å². The maximum atomic E-state index is 12.9. The van der Waals surface area contributed by atoms with Crippen LogP contribution in [0.3, 0.4) is 0 Å². The fraction of sp³-hybridized carbons (Fsp3) is 0.300. The molecule has 0 aromatic heterocycles. The quantitative estimate of drug-likeness (QED) is 0.539.